The van der Waals surface area contributed by atoms with Crippen molar-refractivity contribution in [1.29, 1.82) is 0 Å². The first kappa shape index (κ1) is 11.7. The maximum atomic E-state index is 11.4. The van der Waals surface area contributed by atoms with Crippen molar-refractivity contribution in [1.82, 2.24) is 5.06 Å². The van der Waals surface area contributed by atoms with Crippen molar-refractivity contribution in [2.75, 3.05) is 13.1 Å². The van der Waals surface area contributed by atoms with E-state index in [0.717, 1.165) is 0 Å². The zero-order chi connectivity index (χ0) is 11.1. The van der Waals surface area contributed by atoms with E-state index < -0.39 is 5.97 Å². The first-order chi connectivity index (χ1) is 7.27. The van der Waals surface area contributed by atoms with Gasteiger partial charge in [-0.25, -0.2) is 4.79 Å². The van der Waals surface area contributed by atoms with Crippen LogP contribution in [0.4, 0.5) is 0 Å². The summed E-state index contributed by atoms with van der Waals surface area (Å²) in [6.45, 7) is 5.16. The summed E-state index contributed by atoms with van der Waals surface area (Å²) in [5.74, 6) is -0.484. The predicted molar refractivity (Wildman–Crippen MR) is 55.9 cm³/mol. The van der Waals surface area contributed by atoms with E-state index in [0.29, 0.717) is 18.7 Å². The van der Waals surface area contributed by atoms with Gasteiger partial charge in [0.15, 0.2) is 0 Å². The SMILES string of the molecule is CCN(CC)OOC(=O)c1ccccc1. The Balaban J connectivity index is 2.43. The third-order valence-corrected chi connectivity index (χ3v) is 1.93. The van der Waals surface area contributed by atoms with Gasteiger partial charge in [-0.15, -0.1) is 5.06 Å². The Morgan fingerprint density at radius 2 is 1.80 bits per heavy atom. The highest BCUT2D eigenvalue weighted by molar-refractivity contribution is 5.88. The number of carbonyl (C=O) groups is 1. The molecule has 1 rings (SSSR count). The summed E-state index contributed by atoms with van der Waals surface area (Å²) in [6.07, 6.45) is 0. The van der Waals surface area contributed by atoms with Crippen molar-refractivity contribution in [3.05, 3.63) is 35.9 Å². The van der Waals surface area contributed by atoms with Gasteiger partial charge in [-0.05, 0) is 26.0 Å². The van der Waals surface area contributed by atoms with Crippen LogP contribution >= 0.6 is 0 Å². The average Bonchev–Trinajstić information content (AvgIpc) is 2.31. The first-order valence-electron chi connectivity index (χ1n) is 4.96. The molecule has 0 unspecified atom stereocenters. The molecule has 0 atom stereocenters. The van der Waals surface area contributed by atoms with Crippen molar-refractivity contribution in [2.24, 2.45) is 0 Å². The van der Waals surface area contributed by atoms with Crippen molar-refractivity contribution in [3.63, 3.8) is 0 Å². The molecule has 0 saturated heterocycles. The van der Waals surface area contributed by atoms with Gasteiger partial charge in [-0.1, -0.05) is 23.2 Å². The second-order valence-electron chi connectivity index (χ2n) is 2.93. The van der Waals surface area contributed by atoms with Crippen LogP contribution in [-0.2, 0) is 9.88 Å². The van der Waals surface area contributed by atoms with Gasteiger partial charge < -0.3 is 0 Å². The molecule has 4 heteroatoms. The summed E-state index contributed by atoms with van der Waals surface area (Å²) in [6, 6.07) is 8.73. The lowest BCUT2D eigenvalue weighted by atomic mass is 10.2. The fraction of sp³-hybridized carbons (Fsp3) is 0.364. The van der Waals surface area contributed by atoms with Crippen LogP contribution in [0.2, 0.25) is 0 Å². The second kappa shape index (κ2) is 6.16. The molecule has 4 nitrogen and oxygen atoms in total. The molecule has 0 spiro atoms. The van der Waals surface area contributed by atoms with E-state index in [9.17, 15) is 4.79 Å². The third-order valence-electron chi connectivity index (χ3n) is 1.93. The van der Waals surface area contributed by atoms with Gasteiger partial charge in [-0.3, -0.25) is 4.89 Å². The topological polar surface area (TPSA) is 38.8 Å². The van der Waals surface area contributed by atoms with E-state index in [2.05, 4.69) is 4.89 Å². The maximum absolute atomic E-state index is 11.4. The summed E-state index contributed by atoms with van der Waals surface area (Å²) in [5, 5.41) is 1.54. The third kappa shape index (κ3) is 3.69. The summed E-state index contributed by atoms with van der Waals surface area (Å²) < 4.78 is 0. The van der Waals surface area contributed by atoms with E-state index in [4.69, 9.17) is 4.99 Å². The Hall–Kier alpha value is -1.39. The predicted octanol–water partition coefficient (Wildman–Crippen LogP) is 2.03. The van der Waals surface area contributed by atoms with Crippen LogP contribution in [-0.4, -0.2) is 24.1 Å². The van der Waals surface area contributed by atoms with Crippen molar-refractivity contribution in [3.8, 4) is 0 Å². The summed E-state index contributed by atoms with van der Waals surface area (Å²) >= 11 is 0. The number of hydroxylamine groups is 2. The molecule has 0 amide bonds. The molecule has 0 radical (unpaired) electrons. The Labute approximate surface area is 89.3 Å². The Morgan fingerprint density at radius 3 is 2.33 bits per heavy atom. The summed E-state index contributed by atoms with van der Waals surface area (Å²) in [7, 11) is 0. The Bertz CT molecular complexity index is 296. The van der Waals surface area contributed by atoms with Gasteiger partial charge in [-0.2, -0.15) is 0 Å². The Kier molecular flexibility index (Phi) is 4.80. The fourth-order valence-corrected chi connectivity index (χ4v) is 1.04. The van der Waals surface area contributed by atoms with Crippen LogP contribution in [0.25, 0.3) is 0 Å². The quantitative estimate of drug-likeness (QED) is 0.549. The summed E-state index contributed by atoms with van der Waals surface area (Å²) in [5.41, 5.74) is 0.477. The lowest BCUT2D eigenvalue weighted by molar-refractivity contribution is -0.385. The zero-order valence-electron chi connectivity index (χ0n) is 8.97. The molecule has 0 N–H and O–H groups in total. The van der Waals surface area contributed by atoms with Gasteiger partial charge in [0.1, 0.15) is 0 Å². The Morgan fingerprint density at radius 1 is 1.20 bits per heavy atom. The molecular weight excluding hydrogens is 194 g/mol. The minimum Gasteiger partial charge on any atom is -0.274 e. The standard InChI is InChI=1S/C11H15NO3/c1-3-12(4-2)15-14-11(13)10-8-6-5-7-9-10/h5-9H,3-4H2,1-2H3. The molecule has 1 aromatic rings. The molecule has 1 aromatic carbocycles. The van der Waals surface area contributed by atoms with Gasteiger partial charge in [0, 0.05) is 13.1 Å². The lowest BCUT2D eigenvalue weighted by Gasteiger charge is -2.14. The van der Waals surface area contributed by atoms with Crippen LogP contribution in [0.5, 0.6) is 0 Å². The average molecular weight is 209 g/mol. The van der Waals surface area contributed by atoms with Crippen LogP contribution in [0.1, 0.15) is 24.2 Å². The monoisotopic (exact) mass is 209 g/mol. The van der Waals surface area contributed by atoms with E-state index in [1.807, 2.05) is 19.9 Å². The van der Waals surface area contributed by atoms with E-state index in [1.54, 1.807) is 29.3 Å². The van der Waals surface area contributed by atoms with Crippen LogP contribution < -0.4 is 0 Å². The zero-order valence-corrected chi connectivity index (χ0v) is 8.97. The van der Waals surface area contributed by atoms with Crippen molar-refractivity contribution < 1.29 is 14.7 Å². The van der Waals surface area contributed by atoms with Crippen LogP contribution in [0, 0.1) is 0 Å². The lowest BCUT2D eigenvalue weighted by Crippen LogP contribution is -2.25. The van der Waals surface area contributed by atoms with Gasteiger partial charge in [0.05, 0.1) is 5.56 Å². The highest BCUT2D eigenvalue weighted by Gasteiger charge is 2.09. The summed E-state index contributed by atoms with van der Waals surface area (Å²) in [4.78, 5) is 20.9. The highest BCUT2D eigenvalue weighted by atomic mass is 17.3. The highest BCUT2D eigenvalue weighted by Crippen LogP contribution is 2.02. The van der Waals surface area contributed by atoms with Gasteiger partial charge in [0.25, 0.3) is 0 Å². The van der Waals surface area contributed by atoms with Gasteiger partial charge >= 0.3 is 5.97 Å². The fourth-order valence-electron chi connectivity index (χ4n) is 1.04. The molecule has 0 aliphatic carbocycles. The molecule has 0 aliphatic heterocycles. The second-order valence-corrected chi connectivity index (χ2v) is 2.93. The van der Waals surface area contributed by atoms with E-state index >= 15 is 0 Å². The molecule has 0 heterocycles. The number of nitrogens with zero attached hydrogens (tertiary/aromatic N) is 1. The molecule has 0 bridgehead atoms. The number of hydrogen-bond acceptors (Lipinski definition) is 4. The first-order valence-corrected chi connectivity index (χ1v) is 4.96. The minimum absolute atomic E-state index is 0.477. The molecule has 0 aliphatic rings. The molecule has 0 saturated carbocycles. The van der Waals surface area contributed by atoms with Crippen molar-refractivity contribution >= 4 is 5.97 Å². The normalized spacial score (nSPS) is 10.3. The number of hydrogen-bond donors (Lipinski definition) is 0. The smallest absolute Gasteiger partial charge is 0.274 e. The largest absolute Gasteiger partial charge is 0.375 e. The number of benzene rings is 1. The van der Waals surface area contributed by atoms with E-state index in [-0.39, 0.29) is 0 Å². The molecule has 15 heavy (non-hydrogen) atoms. The molecule has 0 aromatic heterocycles. The number of rotatable bonds is 5. The van der Waals surface area contributed by atoms with Crippen molar-refractivity contribution in [2.45, 2.75) is 13.8 Å². The number of carbonyl (C=O) groups excluding carboxylic acids is 1. The molecule has 82 valence electrons. The van der Waals surface area contributed by atoms with Gasteiger partial charge in [0.2, 0.25) is 0 Å². The molecular formula is C11H15NO3. The molecule has 0 fully saturated rings. The maximum Gasteiger partial charge on any atom is 0.375 e. The minimum atomic E-state index is -0.484. The van der Waals surface area contributed by atoms with Crippen LogP contribution in [0.3, 0.4) is 0 Å². The van der Waals surface area contributed by atoms with E-state index in [1.165, 1.54) is 0 Å². The van der Waals surface area contributed by atoms with Crippen LogP contribution in [0.15, 0.2) is 30.3 Å².